The van der Waals surface area contributed by atoms with Crippen LogP contribution in [0.3, 0.4) is 0 Å². The molecule has 0 saturated carbocycles. The SMILES string of the molecule is COC(=O)[C@@H](C)Nc1ccc(CO)c(F)c1[N+](=O)[O-]. The van der Waals surface area contributed by atoms with Gasteiger partial charge in [-0.1, -0.05) is 6.07 Å². The highest BCUT2D eigenvalue weighted by atomic mass is 19.1. The third kappa shape index (κ3) is 3.16. The second-order valence-electron chi connectivity index (χ2n) is 3.74. The number of methoxy groups -OCH3 is 1. The van der Waals surface area contributed by atoms with Crippen LogP contribution in [-0.4, -0.2) is 29.2 Å². The molecule has 1 atom stereocenters. The van der Waals surface area contributed by atoms with Gasteiger partial charge in [0.05, 0.1) is 18.6 Å². The number of nitrogens with zero attached hydrogens (tertiary/aromatic N) is 1. The maximum atomic E-state index is 13.8. The lowest BCUT2D eigenvalue weighted by molar-refractivity contribution is -0.386. The molecule has 1 aromatic rings. The van der Waals surface area contributed by atoms with Crippen LogP contribution in [0.4, 0.5) is 15.8 Å². The number of nitrogens with one attached hydrogen (secondary N) is 1. The molecular weight excluding hydrogens is 259 g/mol. The summed E-state index contributed by atoms with van der Waals surface area (Å²) in [5, 5.41) is 22.2. The largest absolute Gasteiger partial charge is 0.467 e. The van der Waals surface area contributed by atoms with E-state index in [0.717, 1.165) is 0 Å². The molecule has 19 heavy (non-hydrogen) atoms. The summed E-state index contributed by atoms with van der Waals surface area (Å²) in [6, 6.07) is 1.56. The highest BCUT2D eigenvalue weighted by Gasteiger charge is 2.25. The Morgan fingerprint density at radius 2 is 2.26 bits per heavy atom. The molecule has 2 N–H and O–H groups in total. The Balaban J connectivity index is 3.18. The van der Waals surface area contributed by atoms with Gasteiger partial charge in [0, 0.05) is 5.56 Å². The van der Waals surface area contributed by atoms with Gasteiger partial charge in [0.15, 0.2) is 0 Å². The van der Waals surface area contributed by atoms with Gasteiger partial charge in [-0.2, -0.15) is 4.39 Å². The summed E-state index contributed by atoms with van der Waals surface area (Å²) < 4.78 is 18.2. The number of nitro groups is 1. The van der Waals surface area contributed by atoms with E-state index in [1.54, 1.807) is 0 Å². The van der Waals surface area contributed by atoms with Crippen molar-refractivity contribution < 1.29 is 24.0 Å². The van der Waals surface area contributed by atoms with Gasteiger partial charge in [-0.05, 0) is 13.0 Å². The molecule has 0 saturated heterocycles. The van der Waals surface area contributed by atoms with Crippen LogP contribution in [0.15, 0.2) is 12.1 Å². The van der Waals surface area contributed by atoms with Gasteiger partial charge in [0.1, 0.15) is 11.7 Å². The standard InChI is InChI=1S/C11H13FN2O5/c1-6(11(16)19-2)13-8-4-3-7(5-15)9(12)10(8)14(17)18/h3-4,6,13,15H,5H2,1-2H3/t6-/m1/s1. The van der Waals surface area contributed by atoms with Crippen molar-refractivity contribution in [2.24, 2.45) is 0 Å². The fraction of sp³-hybridized carbons (Fsp3) is 0.364. The molecule has 0 fully saturated rings. The quantitative estimate of drug-likeness (QED) is 0.474. The Hall–Kier alpha value is -2.22. The summed E-state index contributed by atoms with van der Waals surface area (Å²) in [7, 11) is 1.17. The van der Waals surface area contributed by atoms with E-state index in [4.69, 9.17) is 5.11 Å². The number of carbonyl (C=O) groups excluding carboxylic acids is 1. The first-order valence-electron chi connectivity index (χ1n) is 5.33. The number of aliphatic hydroxyl groups excluding tert-OH is 1. The summed E-state index contributed by atoms with van der Waals surface area (Å²) in [6.07, 6.45) is 0. The molecule has 0 aromatic heterocycles. The zero-order chi connectivity index (χ0) is 14.6. The van der Waals surface area contributed by atoms with E-state index in [2.05, 4.69) is 10.1 Å². The van der Waals surface area contributed by atoms with Gasteiger partial charge in [-0.3, -0.25) is 10.1 Å². The first-order valence-corrected chi connectivity index (χ1v) is 5.33. The normalized spacial score (nSPS) is 11.8. The molecule has 0 amide bonds. The van der Waals surface area contributed by atoms with E-state index in [-0.39, 0.29) is 11.3 Å². The topological polar surface area (TPSA) is 102 Å². The highest BCUT2D eigenvalue weighted by molar-refractivity contribution is 5.80. The summed E-state index contributed by atoms with van der Waals surface area (Å²) in [5.74, 6) is -1.77. The van der Waals surface area contributed by atoms with Gasteiger partial charge in [0.2, 0.25) is 5.82 Å². The zero-order valence-electron chi connectivity index (χ0n) is 10.3. The van der Waals surface area contributed by atoms with Gasteiger partial charge in [-0.25, -0.2) is 4.79 Å². The molecule has 0 aliphatic carbocycles. The summed E-state index contributed by atoms with van der Waals surface area (Å²) in [4.78, 5) is 21.2. The van der Waals surface area contributed by atoms with E-state index in [0.29, 0.717) is 0 Å². The number of carbonyl (C=O) groups is 1. The minimum atomic E-state index is -1.13. The van der Waals surface area contributed by atoms with Gasteiger partial charge < -0.3 is 15.2 Å². The van der Waals surface area contributed by atoms with Crippen LogP contribution < -0.4 is 5.32 Å². The van der Waals surface area contributed by atoms with E-state index < -0.39 is 35.0 Å². The minimum absolute atomic E-state index is 0.155. The number of rotatable bonds is 5. The second-order valence-corrected chi connectivity index (χ2v) is 3.74. The van der Waals surface area contributed by atoms with E-state index in [9.17, 15) is 19.3 Å². The number of ether oxygens (including phenoxy) is 1. The van der Waals surface area contributed by atoms with E-state index >= 15 is 0 Å². The molecule has 0 heterocycles. The van der Waals surface area contributed by atoms with Crippen molar-refractivity contribution in [3.05, 3.63) is 33.6 Å². The first-order chi connectivity index (χ1) is 8.92. The Bertz CT molecular complexity index is 506. The maximum absolute atomic E-state index is 13.8. The van der Waals surface area contributed by atoms with Crippen molar-refractivity contribution in [3.63, 3.8) is 0 Å². The molecule has 1 aromatic carbocycles. The highest BCUT2D eigenvalue weighted by Crippen LogP contribution is 2.30. The molecule has 1 rings (SSSR count). The van der Waals surface area contributed by atoms with Crippen molar-refractivity contribution in [2.45, 2.75) is 19.6 Å². The van der Waals surface area contributed by atoms with Crippen LogP contribution in [0.5, 0.6) is 0 Å². The number of halogens is 1. The molecule has 7 nitrogen and oxygen atoms in total. The van der Waals surface area contributed by atoms with Crippen LogP contribution in [0.25, 0.3) is 0 Å². The lowest BCUT2D eigenvalue weighted by Gasteiger charge is -2.13. The Morgan fingerprint density at radius 1 is 1.63 bits per heavy atom. The van der Waals surface area contributed by atoms with Crippen LogP contribution in [0, 0.1) is 15.9 Å². The van der Waals surface area contributed by atoms with E-state index in [1.807, 2.05) is 0 Å². The number of esters is 1. The van der Waals surface area contributed by atoms with Crippen LogP contribution >= 0.6 is 0 Å². The maximum Gasteiger partial charge on any atom is 0.328 e. The average molecular weight is 272 g/mol. The predicted octanol–water partition coefficient (Wildman–Crippen LogP) is 1.20. The van der Waals surface area contributed by atoms with Crippen molar-refractivity contribution in [1.82, 2.24) is 0 Å². The number of benzene rings is 1. The molecule has 0 radical (unpaired) electrons. The molecule has 0 aliphatic rings. The first kappa shape index (κ1) is 14.8. The Kier molecular flexibility index (Phi) is 4.76. The molecular formula is C11H13FN2O5. The van der Waals surface area contributed by atoms with Crippen molar-refractivity contribution in [1.29, 1.82) is 0 Å². The summed E-state index contributed by atoms with van der Waals surface area (Å²) in [6.45, 7) is 0.771. The summed E-state index contributed by atoms with van der Waals surface area (Å²) in [5.41, 5.74) is -1.16. The van der Waals surface area contributed by atoms with Crippen molar-refractivity contribution >= 4 is 17.3 Å². The van der Waals surface area contributed by atoms with Crippen LogP contribution in [0.1, 0.15) is 12.5 Å². The van der Waals surface area contributed by atoms with Gasteiger partial charge >= 0.3 is 11.7 Å². The Morgan fingerprint density at radius 3 is 2.74 bits per heavy atom. The number of hydrogen-bond donors (Lipinski definition) is 2. The monoisotopic (exact) mass is 272 g/mol. The minimum Gasteiger partial charge on any atom is -0.467 e. The number of aliphatic hydroxyl groups is 1. The molecule has 8 heteroatoms. The lowest BCUT2D eigenvalue weighted by atomic mass is 10.1. The molecule has 104 valence electrons. The molecule has 0 spiro atoms. The second kappa shape index (κ2) is 6.10. The fourth-order valence-electron chi connectivity index (χ4n) is 1.49. The number of anilines is 1. The van der Waals surface area contributed by atoms with Gasteiger partial charge in [0.25, 0.3) is 0 Å². The smallest absolute Gasteiger partial charge is 0.328 e. The molecule has 0 bridgehead atoms. The summed E-state index contributed by atoms with van der Waals surface area (Å²) >= 11 is 0. The number of nitro benzene ring substituents is 1. The fourth-order valence-corrected chi connectivity index (χ4v) is 1.49. The Labute approximate surface area is 108 Å². The van der Waals surface area contributed by atoms with Gasteiger partial charge in [-0.15, -0.1) is 0 Å². The average Bonchev–Trinajstić information content (AvgIpc) is 2.37. The molecule has 0 unspecified atom stereocenters. The predicted molar refractivity (Wildman–Crippen MR) is 64.1 cm³/mol. The third-order valence-corrected chi connectivity index (χ3v) is 2.48. The zero-order valence-corrected chi connectivity index (χ0v) is 10.3. The number of hydrogen-bond acceptors (Lipinski definition) is 6. The third-order valence-electron chi connectivity index (χ3n) is 2.48. The lowest BCUT2D eigenvalue weighted by Crippen LogP contribution is -2.27. The molecule has 0 aliphatic heterocycles. The van der Waals surface area contributed by atoms with E-state index in [1.165, 1.54) is 26.2 Å². The van der Waals surface area contributed by atoms with Crippen molar-refractivity contribution in [2.75, 3.05) is 12.4 Å². The van der Waals surface area contributed by atoms with Crippen molar-refractivity contribution in [3.8, 4) is 0 Å². The van der Waals surface area contributed by atoms with Crippen LogP contribution in [0.2, 0.25) is 0 Å². The van der Waals surface area contributed by atoms with Crippen LogP contribution in [-0.2, 0) is 16.1 Å².